The number of nitrogens with zero attached hydrogens (tertiary/aromatic N) is 2. The lowest BCUT2D eigenvalue weighted by Gasteiger charge is -2.28. The lowest BCUT2D eigenvalue weighted by atomic mass is 10.1. The van der Waals surface area contributed by atoms with Gasteiger partial charge in [0.25, 0.3) is 5.91 Å². The van der Waals surface area contributed by atoms with Crippen LogP contribution in [-0.4, -0.2) is 32.9 Å². The van der Waals surface area contributed by atoms with Gasteiger partial charge in [-0.2, -0.15) is 0 Å². The number of carboxylic acids is 1. The summed E-state index contributed by atoms with van der Waals surface area (Å²) >= 11 is 0. The molecule has 0 saturated heterocycles. The standard InChI is InChI=1S/C18H20N2O3/c1-3-13(2)20(12-14-7-5-4-6-8-14)17(21)16-11-15(18(22)23)9-10-19-16/h4-11,13H,3,12H2,1-2H3,(H,22,23). The smallest absolute Gasteiger partial charge is 0.335 e. The number of hydrogen-bond donors (Lipinski definition) is 1. The van der Waals surface area contributed by atoms with Crippen molar-refractivity contribution in [1.82, 2.24) is 9.88 Å². The molecule has 0 fully saturated rings. The number of carbonyl (C=O) groups is 2. The molecule has 23 heavy (non-hydrogen) atoms. The van der Waals surface area contributed by atoms with Crippen molar-refractivity contribution in [3.05, 3.63) is 65.5 Å². The molecule has 2 aromatic rings. The molecule has 1 amide bonds. The van der Waals surface area contributed by atoms with Gasteiger partial charge in [-0.05, 0) is 31.0 Å². The van der Waals surface area contributed by atoms with Crippen molar-refractivity contribution in [2.24, 2.45) is 0 Å². The molecule has 1 N–H and O–H groups in total. The van der Waals surface area contributed by atoms with E-state index >= 15 is 0 Å². The number of pyridine rings is 1. The summed E-state index contributed by atoms with van der Waals surface area (Å²) in [4.78, 5) is 29.6. The number of carbonyl (C=O) groups excluding carboxylic acids is 1. The number of aromatic carboxylic acids is 1. The first-order valence-electron chi connectivity index (χ1n) is 7.57. The van der Waals surface area contributed by atoms with E-state index in [1.165, 1.54) is 18.3 Å². The van der Waals surface area contributed by atoms with E-state index in [0.717, 1.165) is 12.0 Å². The zero-order chi connectivity index (χ0) is 16.8. The van der Waals surface area contributed by atoms with Gasteiger partial charge in [0.05, 0.1) is 5.56 Å². The van der Waals surface area contributed by atoms with Crippen LogP contribution in [0.3, 0.4) is 0 Å². The number of hydrogen-bond acceptors (Lipinski definition) is 3. The van der Waals surface area contributed by atoms with Crippen molar-refractivity contribution in [3.8, 4) is 0 Å². The fraction of sp³-hybridized carbons (Fsp3) is 0.278. The molecule has 1 atom stereocenters. The Labute approximate surface area is 135 Å². The van der Waals surface area contributed by atoms with Crippen molar-refractivity contribution in [2.75, 3.05) is 0 Å². The molecule has 0 saturated carbocycles. The van der Waals surface area contributed by atoms with Gasteiger partial charge in [-0.1, -0.05) is 37.3 Å². The van der Waals surface area contributed by atoms with Gasteiger partial charge < -0.3 is 10.0 Å². The van der Waals surface area contributed by atoms with Gasteiger partial charge in [-0.25, -0.2) is 4.79 Å². The largest absolute Gasteiger partial charge is 0.478 e. The van der Waals surface area contributed by atoms with Crippen LogP contribution in [0.25, 0.3) is 0 Å². The Kier molecular flexibility index (Phi) is 5.46. The molecule has 5 nitrogen and oxygen atoms in total. The van der Waals surface area contributed by atoms with Crippen molar-refractivity contribution in [1.29, 1.82) is 0 Å². The molecular weight excluding hydrogens is 292 g/mol. The van der Waals surface area contributed by atoms with Gasteiger partial charge in [0.15, 0.2) is 0 Å². The molecule has 1 aromatic heterocycles. The van der Waals surface area contributed by atoms with Gasteiger partial charge in [0, 0.05) is 18.8 Å². The Morgan fingerprint density at radius 2 is 1.91 bits per heavy atom. The summed E-state index contributed by atoms with van der Waals surface area (Å²) < 4.78 is 0. The normalized spacial score (nSPS) is 11.7. The fourth-order valence-corrected chi connectivity index (χ4v) is 2.26. The van der Waals surface area contributed by atoms with E-state index in [1.54, 1.807) is 4.90 Å². The predicted octanol–water partition coefficient (Wildman–Crippen LogP) is 3.22. The van der Waals surface area contributed by atoms with Crippen LogP contribution in [-0.2, 0) is 6.54 Å². The summed E-state index contributed by atoms with van der Waals surface area (Å²) in [5.74, 6) is -1.33. The van der Waals surface area contributed by atoms with Gasteiger partial charge in [0.1, 0.15) is 5.69 Å². The van der Waals surface area contributed by atoms with Crippen LogP contribution in [0.1, 0.15) is 46.7 Å². The highest BCUT2D eigenvalue weighted by Gasteiger charge is 2.22. The Morgan fingerprint density at radius 1 is 1.22 bits per heavy atom. The third-order valence-corrected chi connectivity index (χ3v) is 3.81. The SMILES string of the molecule is CCC(C)N(Cc1ccccc1)C(=O)c1cc(C(=O)O)ccn1. The van der Waals surface area contributed by atoms with Gasteiger partial charge in [-0.15, -0.1) is 0 Å². The van der Waals surface area contributed by atoms with Crippen LogP contribution in [0.2, 0.25) is 0 Å². The maximum atomic E-state index is 12.8. The first-order chi connectivity index (χ1) is 11.0. The van der Waals surface area contributed by atoms with Gasteiger partial charge in [-0.3, -0.25) is 9.78 Å². The highest BCUT2D eigenvalue weighted by molar-refractivity contribution is 5.95. The molecule has 0 aliphatic rings. The summed E-state index contributed by atoms with van der Waals surface area (Å²) in [7, 11) is 0. The number of carboxylic acid groups (broad SMARTS) is 1. The van der Waals surface area contributed by atoms with Crippen LogP contribution in [0.4, 0.5) is 0 Å². The van der Waals surface area contributed by atoms with Crippen LogP contribution in [0.15, 0.2) is 48.7 Å². The lowest BCUT2D eigenvalue weighted by Crippen LogP contribution is -2.38. The summed E-state index contributed by atoms with van der Waals surface area (Å²) in [5.41, 5.74) is 1.24. The van der Waals surface area contributed by atoms with Gasteiger partial charge in [0.2, 0.25) is 0 Å². The highest BCUT2D eigenvalue weighted by Crippen LogP contribution is 2.15. The van der Waals surface area contributed by atoms with Crippen LogP contribution in [0.5, 0.6) is 0 Å². The molecule has 1 aromatic carbocycles. The number of amides is 1. The van der Waals surface area contributed by atoms with E-state index in [1.807, 2.05) is 44.2 Å². The van der Waals surface area contributed by atoms with Crippen molar-refractivity contribution >= 4 is 11.9 Å². The zero-order valence-corrected chi connectivity index (χ0v) is 13.3. The molecule has 0 aliphatic heterocycles. The van der Waals surface area contributed by atoms with E-state index in [0.29, 0.717) is 6.54 Å². The van der Waals surface area contributed by atoms with E-state index in [2.05, 4.69) is 4.98 Å². The third-order valence-electron chi connectivity index (χ3n) is 3.81. The van der Waals surface area contributed by atoms with E-state index < -0.39 is 5.97 Å². The number of benzene rings is 1. The van der Waals surface area contributed by atoms with E-state index in [-0.39, 0.29) is 23.2 Å². The fourth-order valence-electron chi connectivity index (χ4n) is 2.26. The summed E-state index contributed by atoms with van der Waals surface area (Å²) in [6.45, 7) is 4.45. The first kappa shape index (κ1) is 16.7. The average Bonchev–Trinajstić information content (AvgIpc) is 2.59. The predicted molar refractivity (Wildman–Crippen MR) is 87.3 cm³/mol. The zero-order valence-electron chi connectivity index (χ0n) is 13.3. The molecule has 0 bridgehead atoms. The maximum absolute atomic E-state index is 12.8. The van der Waals surface area contributed by atoms with Crippen molar-refractivity contribution in [2.45, 2.75) is 32.9 Å². The second-order valence-corrected chi connectivity index (χ2v) is 5.41. The topological polar surface area (TPSA) is 70.5 Å². The Bertz CT molecular complexity index is 686. The Morgan fingerprint density at radius 3 is 2.52 bits per heavy atom. The molecular formula is C18H20N2O3. The summed E-state index contributed by atoms with van der Waals surface area (Å²) in [6.07, 6.45) is 2.16. The van der Waals surface area contributed by atoms with Crippen molar-refractivity contribution < 1.29 is 14.7 Å². The molecule has 5 heteroatoms. The van der Waals surface area contributed by atoms with Crippen molar-refractivity contribution in [3.63, 3.8) is 0 Å². The molecule has 120 valence electrons. The van der Waals surface area contributed by atoms with Gasteiger partial charge >= 0.3 is 5.97 Å². The van der Waals surface area contributed by atoms with E-state index in [4.69, 9.17) is 5.11 Å². The quantitative estimate of drug-likeness (QED) is 0.889. The minimum atomic E-state index is -1.07. The molecule has 2 rings (SSSR count). The first-order valence-corrected chi connectivity index (χ1v) is 7.57. The second-order valence-electron chi connectivity index (χ2n) is 5.41. The number of aromatic nitrogens is 1. The van der Waals surface area contributed by atoms with Crippen LogP contribution < -0.4 is 0 Å². The molecule has 0 aliphatic carbocycles. The Hall–Kier alpha value is -2.69. The molecule has 1 unspecified atom stereocenters. The lowest BCUT2D eigenvalue weighted by molar-refractivity contribution is 0.0665. The summed E-state index contributed by atoms with van der Waals surface area (Å²) in [6, 6.07) is 12.4. The average molecular weight is 312 g/mol. The second kappa shape index (κ2) is 7.54. The van der Waals surface area contributed by atoms with Crippen LogP contribution in [0, 0.1) is 0 Å². The molecule has 0 radical (unpaired) electrons. The third kappa shape index (κ3) is 4.16. The maximum Gasteiger partial charge on any atom is 0.335 e. The number of rotatable bonds is 6. The molecule has 0 spiro atoms. The molecule has 1 heterocycles. The summed E-state index contributed by atoms with van der Waals surface area (Å²) in [5, 5.41) is 9.07. The van der Waals surface area contributed by atoms with Crippen LogP contribution >= 0.6 is 0 Å². The van der Waals surface area contributed by atoms with E-state index in [9.17, 15) is 9.59 Å². The minimum absolute atomic E-state index is 0.0259. The minimum Gasteiger partial charge on any atom is -0.478 e. The Balaban J connectivity index is 2.29. The monoisotopic (exact) mass is 312 g/mol. The highest BCUT2D eigenvalue weighted by atomic mass is 16.4.